The van der Waals surface area contributed by atoms with Crippen molar-refractivity contribution < 1.29 is 0 Å². The summed E-state index contributed by atoms with van der Waals surface area (Å²) in [6.45, 7) is 4.85. The van der Waals surface area contributed by atoms with E-state index in [2.05, 4.69) is 151 Å². The zero-order valence-electron chi connectivity index (χ0n) is 26.0. The molecule has 10 rings (SSSR count). The van der Waals surface area contributed by atoms with Crippen LogP contribution in [0.1, 0.15) is 0 Å². The van der Waals surface area contributed by atoms with Gasteiger partial charge in [-0.2, -0.15) is 0 Å². The smallest absolute Gasteiger partial charge is 0.159 e. The van der Waals surface area contributed by atoms with Gasteiger partial charge in [0.05, 0.1) is 16.7 Å². The van der Waals surface area contributed by atoms with E-state index in [1.165, 1.54) is 63.6 Å². The molecule has 0 N–H and O–H groups in total. The fraction of sp³-hybridized carbons (Fsp3) is 0.0476. The van der Waals surface area contributed by atoms with Gasteiger partial charge in [-0.3, -0.25) is 0 Å². The summed E-state index contributed by atoms with van der Waals surface area (Å²) in [4.78, 5) is 10.7. The van der Waals surface area contributed by atoms with Gasteiger partial charge in [-0.25, -0.2) is 9.97 Å². The maximum absolute atomic E-state index is 5.37. The summed E-state index contributed by atoms with van der Waals surface area (Å²) in [5, 5.41) is 7.91. The highest BCUT2D eigenvalue weighted by Crippen LogP contribution is 2.44. The lowest BCUT2D eigenvalue weighted by molar-refractivity contribution is 1.17. The second kappa shape index (κ2) is 9.82. The van der Waals surface area contributed by atoms with Crippen molar-refractivity contribution in [3.8, 4) is 39.5 Å². The zero-order valence-corrected chi connectivity index (χ0v) is 27.8. The Morgan fingerprint density at radius 2 is 1.32 bits per heavy atom. The van der Waals surface area contributed by atoms with Crippen LogP contribution in [0, 0.1) is 0 Å². The predicted molar refractivity (Wildman–Crippen MR) is 202 cm³/mol. The molecule has 0 atom stereocenters. The van der Waals surface area contributed by atoms with Gasteiger partial charge in [0.1, 0.15) is 8.07 Å². The van der Waals surface area contributed by atoms with Crippen molar-refractivity contribution in [3.63, 3.8) is 0 Å². The molecule has 0 aliphatic carbocycles. The first-order chi connectivity index (χ1) is 23.1. The Labute approximate surface area is 277 Å². The van der Waals surface area contributed by atoms with E-state index in [9.17, 15) is 0 Å². The molecule has 9 aromatic rings. The molecular formula is C42H29N3SSi. The van der Waals surface area contributed by atoms with Crippen molar-refractivity contribution in [1.82, 2.24) is 14.5 Å². The quantitative estimate of drug-likeness (QED) is 0.181. The predicted octanol–water partition coefficient (Wildman–Crippen LogP) is 10.1. The zero-order chi connectivity index (χ0) is 31.3. The third-order valence-corrected chi connectivity index (χ3v) is 14.4. The molecule has 0 fully saturated rings. The van der Waals surface area contributed by atoms with Crippen LogP contribution in [-0.4, -0.2) is 22.6 Å². The normalized spacial score (nSPS) is 13.5. The number of fused-ring (bicyclic) bond motifs is 10. The number of hydrogen-bond acceptors (Lipinski definition) is 3. The Hall–Kier alpha value is -5.36. The number of aromatic nitrogens is 3. The molecular weight excluding hydrogens is 607 g/mol. The largest absolute Gasteiger partial charge is 0.309 e. The van der Waals surface area contributed by atoms with Crippen molar-refractivity contribution in [2.75, 3.05) is 0 Å². The number of nitrogens with zero attached hydrogens (tertiary/aromatic N) is 3. The summed E-state index contributed by atoms with van der Waals surface area (Å²) >= 11 is 1.87. The summed E-state index contributed by atoms with van der Waals surface area (Å²) in [6.07, 6.45) is 0. The highest BCUT2D eigenvalue weighted by Gasteiger charge is 2.41. The highest BCUT2D eigenvalue weighted by atomic mass is 32.1. The fourth-order valence-corrected chi connectivity index (χ4v) is 11.8. The molecule has 47 heavy (non-hydrogen) atoms. The van der Waals surface area contributed by atoms with Gasteiger partial charge in [-0.05, 0) is 47.1 Å². The van der Waals surface area contributed by atoms with Crippen molar-refractivity contribution in [1.29, 1.82) is 0 Å². The first kappa shape index (κ1) is 26.8. The summed E-state index contributed by atoms with van der Waals surface area (Å²) in [6, 6.07) is 50.5. The molecule has 5 heteroatoms. The van der Waals surface area contributed by atoms with Crippen molar-refractivity contribution in [2.24, 2.45) is 0 Å². The number of hydrogen-bond donors (Lipinski definition) is 0. The Kier molecular flexibility index (Phi) is 5.60. The molecule has 1 aliphatic rings. The lowest BCUT2D eigenvalue weighted by Gasteiger charge is -2.19. The Morgan fingerprint density at radius 1 is 0.574 bits per heavy atom. The van der Waals surface area contributed by atoms with Crippen LogP contribution in [0.3, 0.4) is 0 Å². The second-order valence-electron chi connectivity index (χ2n) is 13.0. The second-order valence-corrected chi connectivity index (χ2v) is 18.3. The fourth-order valence-electron chi connectivity index (χ4n) is 7.81. The van der Waals surface area contributed by atoms with Gasteiger partial charge in [-0.15, -0.1) is 11.3 Å². The first-order valence-corrected chi connectivity index (χ1v) is 19.9. The molecule has 0 amide bonds. The van der Waals surface area contributed by atoms with E-state index in [-0.39, 0.29) is 0 Å². The van der Waals surface area contributed by atoms with Crippen LogP contribution in [0.5, 0.6) is 0 Å². The van der Waals surface area contributed by atoms with E-state index in [4.69, 9.17) is 9.97 Å². The lowest BCUT2D eigenvalue weighted by Crippen LogP contribution is -2.50. The van der Waals surface area contributed by atoms with Crippen molar-refractivity contribution in [3.05, 3.63) is 140 Å². The minimum atomic E-state index is -2.05. The lowest BCUT2D eigenvalue weighted by atomic mass is 10.00. The van der Waals surface area contributed by atoms with E-state index in [0.29, 0.717) is 0 Å². The van der Waals surface area contributed by atoms with Crippen LogP contribution >= 0.6 is 11.3 Å². The van der Waals surface area contributed by atoms with Gasteiger partial charge >= 0.3 is 0 Å². The molecule has 0 saturated heterocycles. The topological polar surface area (TPSA) is 30.7 Å². The molecule has 4 heterocycles. The van der Waals surface area contributed by atoms with E-state index in [0.717, 1.165) is 28.3 Å². The maximum atomic E-state index is 5.37. The monoisotopic (exact) mass is 635 g/mol. The van der Waals surface area contributed by atoms with Gasteiger partial charge in [0.2, 0.25) is 0 Å². The van der Waals surface area contributed by atoms with E-state index in [1.54, 1.807) is 0 Å². The minimum Gasteiger partial charge on any atom is -0.309 e. The number of para-hydroxylation sites is 1. The van der Waals surface area contributed by atoms with Gasteiger partial charge < -0.3 is 4.57 Å². The average molecular weight is 636 g/mol. The number of benzene rings is 6. The van der Waals surface area contributed by atoms with Gasteiger partial charge in [0, 0.05) is 58.6 Å². The Balaban J connectivity index is 1.26. The summed E-state index contributed by atoms with van der Waals surface area (Å²) in [5.41, 5.74) is 9.19. The standard InChI is InChI=1S/C42H29N3SSi/c1-47(2)36-22-11-8-19-31(36)39-40(43-41(44-42(39)47)26-13-4-3-5-14-26)27-15-12-16-28(25-27)45-32-20-9-6-17-29(32)37-33(45)23-24-35-38(37)30-18-7-10-21-34(30)46-35/h3-25H,1-2H3. The molecule has 0 bridgehead atoms. The van der Waals surface area contributed by atoms with Crippen LogP contribution in [0.2, 0.25) is 13.1 Å². The van der Waals surface area contributed by atoms with Crippen LogP contribution in [0.4, 0.5) is 0 Å². The van der Waals surface area contributed by atoms with Crippen LogP contribution in [-0.2, 0) is 0 Å². The third-order valence-electron chi connectivity index (χ3n) is 9.96. The molecule has 3 aromatic heterocycles. The van der Waals surface area contributed by atoms with Crippen molar-refractivity contribution >= 4 is 71.9 Å². The van der Waals surface area contributed by atoms with E-state index in [1.807, 2.05) is 17.4 Å². The molecule has 0 unspecified atom stereocenters. The molecule has 222 valence electrons. The van der Waals surface area contributed by atoms with Crippen molar-refractivity contribution in [2.45, 2.75) is 13.1 Å². The van der Waals surface area contributed by atoms with E-state index >= 15 is 0 Å². The summed E-state index contributed by atoms with van der Waals surface area (Å²) < 4.78 is 5.09. The van der Waals surface area contributed by atoms with Crippen LogP contribution < -0.4 is 10.5 Å². The maximum Gasteiger partial charge on any atom is 0.159 e. The van der Waals surface area contributed by atoms with Crippen LogP contribution in [0.15, 0.2) is 140 Å². The van der Waals surface area contributed by atoms with Crippen LogP contribution in [0.25, 0.3) is 81.4 Å². The average Bonchev–Trinajstić information content (AvgIpc) is 3.74. The molecule has 0 radical (unpaired) electrons. The third kappa shape index (κ3) is 3.78. The number of rotatable bonds is 3. The van der Waals surface area contributed by atoms with Gasteiger partial charge in [0.25, 0.3) is 0 Å². The summed E-state index contributed by atoms with van der Waals surface area (Å²) in [7, 11) is -2.05. The van der Waals surface area contributed by atoms with Gasteiger partial charge in [-0.1, -0.05) is 116 Å². The Bertz CT molecular complexity index is 2720. The van der Waals surface area contributed by atoms with Gasteiger partial charge in [0.15, 0.2) is 5.82 Å². The molecule has 1 aliphatic heterocycles. The summed E-state index contributed by atoms with van der Waals surface area (Å²) in [5.74, 6) is 0.793. The molecule has 3 nitrogen and oxygen atoms in total. The number of thiophene rings is 1. The highest BCUT2D eigenvalue weighted by molar-refractivity contribution is 7.26. The Morgan fingerprint density at radius 3 is 2.21 bits per heavy atom. The molecule has 0 spiro atoms. The SMILES string of the molecule is C[Si]1(C)c2ccccc2-c2c(-c3cccc(-n4c5ccccc5c5c6c(ccc54)sc4ccccc46)c3)nc(-c3ccccc3)nc21. The minimum absolute atomic E-state index is 0.793. The molecule has 6 aromatic carbocycles. The molecule has 0 saturated carbocycles. The first-order valence-electron chi connectivity index (χ1n) is 16.1. The van der Waals surface area contributed by atoms with E-state index < -0.39 is 8.07 Å².